The summed E-state index contributed by atoms with van der Waals surface area (Å²) in [6, 6.07) is 2.84. The predicted molar refractivity (Wildman–Crippen MR) is 69.2 cm³/mol. The van der Waals surface area contributed by atoms with Gasteiger partial charge in [0.15, 0.2) is 11.5 Å². The first-order chi connectivity index (χ1) is 9.65. The van der Waals surface area contributed by atoms with E-state index in [0.717, 1.165) is 0 Å². The SMILES string of the molecule is CC(NC(=O)c1cc2c(cc1N)OCO2)c1ncn[nH]1. The smallest absolute Gasteiger partial charge is 0.254 e. The molecule has 0 bridgehead atoms. The molecule has 2 aromatic rings. The third-order valence-electron chi connectivity index (χ3n) is 2.98. The maximum absolute atomic E-state index is 12.2. The summed E-state index contributed by atoms with van der Waals surface area (Å²) in [5, 5.41) is 9.22. The number of fused-ring (bicyclic) bond motifs is 1. The van der Waals surface area contributed by atoms with Crippen molar-refractivity contribution >= 4 is 11.6 Å². The van der Waals surface area contributed by atoms with Gasteiger partial charge < -0.3 is 20.5 Å². The Morgan fingerprint density at radius 3 is 2.90 bits per heavy atom. The Labute approximate surface area is 114 Å². The molecule has 0 fully saturated rings. The van der Waals surface area contributed by atoms with Gasteiger partial charge >= 0.3 is 0 Å². The van der Waals surface area contributed by atoms with Gasteiger partial charge in [0.2, 0.25) is 6.79 Å². The number of amides is 1. The van der Waals surface area contributed by atoms with Crippen molar-refractivity contribution in [3.05, 3.63) is 29.8 Å². The summed E-state index contributed by atoms with van der Waals surface area (Å²) in [5.74, 6) is 1.31. The molecule has 1 unspecified atom stereocenters. The summed E-state index contributed by atoms with van der Waals surface area (Å²) >= 11 is 0. The fourth-order valence-corrected chi connectivity index (χ4v) is 1.92. The number of nitrogen functional groups attached to an aromatic ring is 1. The summed E-state index contributed by atoms with van der Waals surface area (Å²) in [7, 11) is 0. The predicted octanol–water partition coefficient (Wildman–Crippen LogP) is 0.607. The van der Waals surface area contributed by atoms with E-state index in [0.29, 0.717) is 28.6 Å². The van der Waals surface area contributed by atoms with Crippen LogP contribution in [-0.4, -0.2) is 27.9 Å². The lowest BCUT2D eigenvalue weighted by molar-refractivity contribution is 0.0939. The molecular weight excluding hydrogens is 262 g/mol. The van der Waals surface area contributed by atoms with Crippen LogP contribution in [0.5, 0.6) is 11.5 Å². The minimum Gasteiger partial charge on any atom is -0.454 e. The molecule has 0 spiro atoms. The monoisotopic (exact) mass is 275 g/mol. The number of hydrogen-bond acceptors (Lipinski definition) is 6. The molecule has 0 saturated carbocycles. The van der Waals surface area contributed by atoms with Crippen molar-refractivity contribution in [3.8, 4) is 11.5 Å². The molecule has 2 heterocycles. The number of carbonyl (C=O) groups excluding carboxylic acids is 1. The van der Waals surface area contributed by atoms with Gasteiger partial charge in [-0.1, -0.05) is 0 Å². The van der Waals surface area contributed by atoms with Crippen LogP contribution < -0.4 is 20.5 Å². The first-order valence-corrected chi connectivity index (χ1v) is 6.00. The summed E-state index contributed by atoms with van der Waals surface area (Å²) in [6.45, 7) is 1.93. The Hall–Kier alpha value is -2.77. The summed E-state index contributed by atoms with van der Waals surface area (Å²) in [4.78, 5) is 16.2. The van der Waals surface area contributed by atoms with E-state index in [9.17, 15) is 4.79 Å². The van der Waals surface area contributed by atoms with E-state index < -0.39 is 0 Å². The third-order valence-corrected chi connectivity index (χ3v) is 2.98. The van der Waals surface area contributed by atoms with Gasteiger partial charge in [0.05, 0.1) is 11.6 Å². The molecule has 104 valence electrons. The molecule has 1 amide bonds. The van der Waals surface area contributed by atoms with E-state index in [2.05, 4.69) is 20.5 Å². The molecule has 0 aliphatic carbocycles. The molecule has 0 saturated heterocycles. The third kappa shape index (κ3) is 2.11. The van der Waals surface area contributed by atoms with Crippen LogP contribution in [-0.2, 0) is 0 Å². The van der Waals surface area contributed by atoms with Gasteiger partial charge in [-0.3, -0.25) is 9.89 Å². The number of ether oxygens (including phenoxy) is 2. The second kappa shape index (κ2) is 4.72. The number of carbonyl (C=O) groups is 1. The van der Waals surface area contributed by atoms with Gasteiger partial charge in [0, 0.05) is 11.8 Å². The number of nitrogens with zero attached hydrogens (tertiary/aromatic N) is 2. The lowest BCUT2D eigenvalue weighted by Crippen LogP contribution is -2.28. The minimum atomic E-state index is -0.315. The molecule has 20 heavy (non-hydrogen) atoms. The summed E-state index contributed by atoms with van der Waals surface area (Å²) in [5.41, 5.74) is 6.52. The molecule has 1 aliphatic rings. The second-order valence-corrected chi connectivity index (χ2v) is 4.36. The average molecular weight is 275 g/mol. The fraction of sp³-hybridized carbons (Fsp3) is 0.250. The highest BCUT2D eigenvalue weighted by molar-refractivity contribution is 6.00. The highest BCUT2D eigenvalue weighted by atomic mass is 16.7. The Bertz CT molecular complexity index is 641. The summed E-state index contributed by atoms with van der Waals surface area (Å²) in [6.07, 6.45) is 1.38. The molecule has 1 aliphatic heterocycles. The van der Waals surface area contributed by atoms with Crippen LogP contribution in [0.25, 0.3) is 0 Å². The van der Waals surface area contributed by atoms with E-state index in [1.165, 1.54) is 6.33 Å². The summed E-state index contributed by atoms with van der Waals surface area (Å²) < 4.78 is 10.4. The number of benzene rings is 1. The van der Waals surface area contributed by atoms with Gasteiger partial charge in [-0.15, -0.1) is 0 Å². The maximum atomic E-state index is 12.2. The van der Waals surface area contributed by atoms with E-state index in [1.807, 2.05) is 0 Å². The van der Waals surface area contributed by atoms with Crippen molar-refractivity contribution in [1.29, 1.82) is 0 Å². The van der Waals surface area contributed by atoms with Crippen LogP contribution in [0.15, 0.2) is 18.5 Å². The molecule has 1 aromatic heterocycles. The number of anilines is 1. The molecule has 8 heteroatoms. The van der Waals surface area contributed by atoms with Crippen LogP contribution in [0, 0.1) is 0 Å². The standard InChI is InChI=1S/C12H13N5O3/c1-6(11-14-4-15-17-11)16-12(18)7-2-9-10(3-8(7)13)20-5-19-9/h2-4,6H,5,13H2,1H3,(H,16,18)(H,14,15,17). The Morgan fingerprint density at radius 1 is 1.45 bits per heavy atom. The number of H-pyrrole nitrogens is 1. The Kier molecular flexibility index (Phi) is 2.90. The topological polar surface area (TPSA) is 115 Å². The van der Waals surface area contributed by atoms with Gasteiger partial charge in [-0.2, -0.15) is 5.10 Å². The number of aromatic amines is 1. The number of rotatable bonds is 3. The number of hydrogen-bond donors (Lipinski definition) is 3. The molecule has 1 atom stereocenters. The van der Waals surface area contributed by atoms with Crippen molar-refractivity contribution in [3.63, 3.8) is 0 Å². The zero-order valence-corrected chi connectivity index (χ0v) is 10.7. The Morgan fingerprint density at radius 2 is 2.20 bits per heavy atom. The van der Waals surface area contributed by atoms with Crippen molar-refractivity contribution in [2.24, 2.45) is 0 Å². The average Bonchev–Trinajstić information content (AvgIpc) is 3.08. The maximum Gasteiger partial charge on any atom is 0.254 e. The number of aromatic nitrogens is 3. The first kappa shape index (κ1) is 12.3. The van der Waals surface area contributed by atoms with E-state index in [1.54, 1.807) is 19.1 Å². The van der Waals surface area contributed by atoms with Crippen molar-refractivity contribution < 1.29 is 14.3 Å². The second-order valence-electron chi connectivity index (χ2n) is 4.36. The van der Waals surface area contributed by atoms with Gasteiger partial charge in [0.25, 0.3) is 5.91 Å². The van der Waals surface area contributed by atoms with Gasteiger partial charge in [-0.05, 0) is 13.0 Å². The van der Waals surface area contributed by atoms with E-state index >= 15 is 0 Å². The van der Waals surface area contributed by atoms with Crippen molar-refractivity contribution in [1.82, 2.24) is 20.5 Å². The highest BCUT2D eigenvalue weighted by Crippen LogP contribution is 2.35. The van der Waals surface area contributed by atoms with E-state index in [4.69, 9.17) is 15.2 Å². The van der Waals surface area contributed by atoms with Crippen LogP contribution in [0.4, 0.5) is 5.69 Å². The molecular formula is C12H13N5O3. The minimum absolute atomic E-state index is 0.133. The largest absolute Gasteiger partial charge is 0.454 e. The number of nitrogens with two attached hydrogens (primary N) is 1. The molecule has 1 aromatic carbocycles. The zero-order valence-electron chi connectivity index (χ0n) is 10.7. The van der Waals surface area contributed by atoms with Gasteiger partial charge in [0.1, 0.15) is 12.2 Å². The lowest BCUT2D eigenvalue weighted by atomic mass is 10.1. The van der Waals surface area contributed by atoms with Crippen LogP contribution in [0.2, 0.25) is 0 Å². The normalized spacial score (nSPS) is 14.1. The van der Waals surface area contributed by atoms with Crippen LogP contribution in [0.3, 0.4) is 0 Å². The first-order valence-electron chi connectivity index (χ1n) is 6.00. The molecule has 8 nitrogen and oxygen atoms in total. The van der Waals surface area contributed by atoms with Crippen LogP contribution >= 0.6 is 0 Å². The zero-order chi connectivity index (χ0) is 14.1. The lowest BCUT2D eigenvalue weighted by Gasteiger charge is -2.12. The molecule has 0 radical (unpaired) electrons. The van der Waals surface area contributed by atoms with Gasteiger partial charge in [-0.25, -0.2) is 4.98 Å². The number of nitrogens with one attached hydrogen (secondary N) is 2. The van der Waals surface area contributed by atoms with Crippen LogP contribution in [0.1, 0.15) is 29.1 Å². The highest BCUT2D eigenvalue weighted by Gasteiger charge is 2.21. The van der Waals surface area contributed by atoms with Crippen molar-refractivity contribution in [2.75, 3.05) is 12.5 Å². The quantitative estimate of drug-likeness (QED) is 0.707. The van der Waals surface area contributed by atoms with E-state index in [-0.39, 0.29) is 18.7 Å². The fourth-order valence-electron chi connectivity index (χ4n) is 1.92. The Balaban J connectivity index is 1.81. The van der Waals surface area contributed by atoms with Crippen molar-refractivity contribution in [2.45, 2.75) is 13.0 Å². The molecule has 3 rings (SSSR count). The molecule has 4 N–H and O–H groups in total.